The zero-order valence-electron chi connectivity index (χ0n) is 16.1. The Labute approximate surface area is 169 Å². The number of fused-ring (bicyclic) bond motifs is 1. The van der Waals surface area contributed by atoms with Crippen molar-refractivity contribution in [2.45, 2.75) is 32.7 Å². The Morgan fingerprint density at radius 3 is 2.75 bits per heavy atom. The van der Waals surface area contributed by atoms with Crippen LogP contribution in [0.5, 0.6) is 0 Å². The Bertz CT molecular complexity index is 961. The molecule has 1 aromatic heterocycles. The highest BCUT2D eigenvalue weighted by atomic mass is 32.1. The van der Waals surface area contributed by atoms with Crippen molar-refractivity contribution in [1.82, 2.24) is 9.88 Å². The maximum atomic E-state index is 12.5. The molecule has 3 N–H and O–H groups in total. The molecule has 0 unspecified atom stereocenters. The number of amides is 1. The van der Waals surface area contributed by atoms with Gasteiger partial charge in [-0.3, -0.25) is 9.69 Å². The number of aryl methyl sites for hydroxylation is 1. The minimum absolute atomic E-state index is 0.0951. The predicted molar refractivity (Wildman–Crippen MR) is 116 cm³/mol. The summed E-state index contributed by atoms with van der Waals surface area (Å²) in [4.78, 5) is 19.4. The number of hydrogen-bond donors (Lipinski definition) is 2. The maximum Gasteiger partial charge on any atom is 0.224 e. The van der Waals surface area contributed by atoms with Gasteiger partial charge in [0.05, 0.1) is 10.2 Å². The van der Waals surface area contributed by atoms with Crippen molar-refractivity contribution in [3.63, 3.8) is 0 Å². The fraction of sp³-hybridized carbons (Fsp3) is 0.364. The summed E-state index contributed by atoms with van der Waals surface area (Å²) in [6, 6.07) is 14.5. The van der Waals surface area contributed by atoms with Crippen molar-refractivity contribution in [2.75, 3.05) is 24.1 Å². The number of carbonyl (C=O) groups excluding carboxylic acids is 1. The lowest BCUT2D eigenvalue weighted by Gasteiger charge is -2.31. The number of nitrogens with two attached hydrogens (primary N) is 1. The summed E-state index contributed by atoms with van der Waals surface area (Å²) in [5.74, 6) is 0.550. The zero-order valence-corrected chi connectivity index (χ0v) is 17.0. The molecule has 0 spiro atoms. The first kappa shape index (κ1) is 18.9. The number of aromatic nitrogens is 1. The second kappa shape index (κ2) is 8.29. The summed E-state index contributed by atoms with van der Waals surface area (Å²) in [6.07, 6.45) is 2.73. The van der Waals surface area contributed by atoms with E-state index in [0.717, 1.165) is 53.9 Å². The zero-order chi connectivity index (χ0) is 19.5. The van der Waals surface area contributed by atoms with E-state index in [2.05, 4.69) is 45.5 Å². The van der Waals surface area contributed by atoms with Crippen LogP contribution in [0.4, 0.5) is 10.8 Å². The topological polar surface area (TPSA) is 71.2 Å². The summed E-state index contributed by atoms with van der Waals surface area (Å²) in [7, 11) is 0. The van der Waals surface area contributed by atoms with Gasteiger partial charge in [-0.1, -0.05) is 41.7 Å². The average Bonchev–Trinajstić information content (AvgIpc) is 3.05. The minimum Gasteiger partial charge on any atom is -0.375 e. The number of carbonyl (C=O) groups is 1. The molecule has 5 nitrogen and oxygen atoms in total. The molecule has 1 aliphatic rings. The molecule has 146 valence electrons. The van der Waals surface area contributed by atoms with Gasteiger partial charge >= 0.3 is 0 Å². The highest BCUT2D eigenvalue weighted by Gasteiger charge is 2.21. The third-order valence-corrected chi connectivity index (χ3v) is 6.25. The van der Waals surface area contributed by atoms with E-state index in [1.807, 2.05) is 19.1 Å². The number of likely N-dealkylation sites (tertiary alicyclic amines) is 1. The van der Waals surface area contributed by atoms with E-state index in [1.165, 1.54) is 16.9 Å². The van der Waals surface area contributed by atoms with Gasteiger partial charge in [0.25, 0.3) is 0 Å². The van der Waals surface area contributed by atoms with Crippen LogP contribution in [0.1, 0.15) is 30.4 Å². The molecule has 1 fully saturated rings. The molecule has 0 saturated carbocycles. The van der Waals surface area contributed by atoms with Crippen molar-refractivity contribution in [3.8, 4) is 0 Å². The number of nitrogens with one attached hydrogen (secondary N) is 1. The number of rotatable bonds is 5. The lowest BCUT2D eigenvalue weighted by molar-refractivity contribution is -0.117. The number of thiazole rings is 1. The van der Waals surface area contributed by atoms with Gasteiger partial charge < -0.3 is 11.1 Å². The van der Waals surface area contributed by atoms with Crippen molar-refractivity contribution >= 4 is 38.3 Å². The van der Waals surface area contributed by atoms with Crippen LogP contribution in [0.3, 0.4) is 0 Å². The lowest BCUT2D eigenvalue weighted by Crippen LogP contribution is -2.34. The molecule has 0 radical (unpaired) electrons. The van der Waals surface area contributed by atoms with Crippen LogP contribution in [0.25, 0.3) is 10.2 Å². The molecule has 0 bridgehead atoms. The summed E-state index contributed by atoms with van der Waals surface area (Å²) >= 11 is 1.45. The quantitative estimate of drug-likeness (QED) is 0.672. The molecular weight excluding hydrogens is 368 g/mol. The molecule has 28 heavy (non-hydrogen) atoms. The summed E-state index contributed by atoms with van der Waals surface area (Å²) in [5, 5.41) is 3.63. The monoisotopic (exact) mass is 394 g/mol. The van der Waals surface area contributed by atoms with Crippen molar-refractivity contribution in [2.24, 2.45) is 5.92 Å². The fourth-order valence-corrected chi connectivity index (χ4v) is 4.80. The maximum absolute atomic E-state index is 12.5. The van der Waals surface area contributed by atoms with Gasteiger partial charge in [0.2, 0.25) is 5.91 Å². The second-order valence-corrected chi connectivity index (χ2v) is 8.71. The fourth-order valence-electron chi connectivity index (χ4n) is 3.95. The number of nitrogen functional groups attached to an aromatic ring is 1. The molecule has 3 aromatic rings. The van der Waals surface area contributed by atoms with Gasteiger partial charge in [0.1, 0.15) is 0 Å². The molecule has 1 aliphatic heterocycles. The highest BCUT2D eigenvalue weighted by Crippen LogP contribution is 2.30. The van der Waals surface area contributed by atoms with Crippen LogP contribution < -0.4 is 11.1 Å². The Morgan fingerprint density at radius 2 is 2.00 bits per heavy atom. The number of benzene rings is 2. The Morgan fingerprint density at radius 1 is 1.25 bits per heavy atom. The lowest BCUT2D eigenvalue weighted by atomic mass is 9.93. The Balaban J connectivity index is 1.29. The normalized spacial score (nSPS) is 15.8. The molecule has 2 heterocycles. The van der Waals surface area contributed by atoms with Gasteiger partial charge in [0, 0.05) is 18.7 Å². The van der Waals surface area contributed by atoms with Gasteiger partial charge in [-0.05, 0) is 62.0 Å². The SMILES string of the molecule is Cc1cc(NC(=O)CC2CCN(Cc3ccccc3)CC2)cc2sc(N)nc12. The van der Waals surface area contributed by atoms with Gasteiger partial charge in [0.15, 0.2) is 5.13 Å². The molecule has 0 atom stereocenters. The number of anilines is 2. The first-order valence-electron chi connectivity index (χ1n) is 9.79. The van der Waals surface area contributed by atoms with Crippen LogP contribution in [-0.4, -0.2) is 28.9 Å². The molecule has 2 aromatic carbocycles. The molecule has 4 rings (SSSR count). The smallest absolute Gasteiger partial charge is 0.224 e. The Kier molecular flexibility index (Phi) is 5.59. The van der Waals surface area contributed by atoms with Crippen LogP contribution in [-0.2, 0) is 11.3 Å². The predicted octanol–water partition coefficient (Wildman–Crippen LogP) is 4.43. The van der Waals surface area contributed by atoms with E-state index in [-0.39, 0.29) is 5.91 Å². The van der Waals surface area contributed by atoms with E-state index in [4.69, 9.17) is 5.73 Å². The first-order valence-corrected chi connectivity index (χ1v) is 10.6. The van der Waals surface area contributed by atoms with Gasteiger partial charge in [-0.15, -0.1) is 0 Å². The largest absolute Gasteiger partial charge is 0.375 e. The van der Waals surface area contributed by atoms with Gasteiger partial charge in [-0.2, -0.15) is 0 Å². The minimum atomic E-state index is 0.0951. The third-order valence-electron chi connectivity index (χ3n) is 5.42. The number of nitrogens with zero attached hydrogens (tertiary/aromatic N) is 2. The van der Waals surface area contributed by atoms with E-state index in [9.17, 15) is 4.79 Å². The van der Waals surface area contributed by atoms with Crippen LogP contribution in [0.2, 0.25) is 0 Å². The van der Waals surface area contributed by atoms with Crippen LogP contribution in [0, 0.1) is 12.8 Å². The standard InChI is InChI=1S/C22H26N4OS/c1-15-11-18(13-19-21(15)25-22(23)28-19)24-20(27)12-16-7-9-26(10-8-16)14-17-5-3-2-4-6-17/h2-6,11,13,16H,7-10,12,14H2,1H3,(H2,23,25)(H,24,27). The second-order valence-electron chi connectivity index (χ2n) is 7.65. The van der Waals surface area contributed by atoms with Crippen LogP contribution >= 0.6 is 11.3 Å². The molecule has 0 aliphatic carbocycles. The Hall–Kier alpha value is -2.44. The van der Waals surface area contributed by atoms with Crippen molar-refractivity contribution in [1.29, 1.82) is 0 Å². The van der Waals surface area contributed by atoms with E-state index in [0.29, 0.717) is 17.5 Å². The average molecular weight is 395 g/mol. The van der Waals surface area contributed by atoms with E-state index < -0.39 is 0 Å². The third kappa shape index (κ3) is 4.51. The first-order chi connectivity index (χ1) is 13.6. The summed E-state index contributed by atoms with van der Waals surface area (Å²) in [5.41, 5.74) is 9.96. The number of piperidine rings is 1. The van der Waals surface area contributed by atoms with Crippen molar-refractivity contribution < 1.29 is 4.79 Å². The van der Waals surface area contributed by atoms with E-state index >= 15 is 0 Å². The molecule has 1 saturated heterocycles. The van der Waals surface area contributed by atoms with Crippen LogP contribution in [0.15, 0.2) is 42.5 Å². The summed E-state index contributed by atoms with van der Waals surface area (Å²) in [6.45, 7) is 5.10. The van der Waals surface area contributed by atoms with Crippen molar-refractivity contribution in [3.05, 3.63) is 53.6 Å². The van der Waals surface area contributed by atoms with E-state index in [1.54, 1.807) is 0 Å². The molecule has 6 heteroatoms. The molecular formula is C22H26N4OS. The number of hydrogen-bond acceptors (Lipinski definition) is 5. The highest BCUT2D eigenvalue weighted by molar-refractivity contribution is 7.22. The summed E-state index contributed by atoms with van der Waals surface area (Å²) < 4.78 is 1.02. The van der Waals surface area contributed by atoms with Gasteiger partial charge in [-0.25, -0.2) is 4.98 Å². The molecule has 1 amide bonds.